The van der Waals surface area contributed by atoms with E-state index in [0.29, 0.717) is 16.9 Å². The lowest BCUT2D eigenvalue weighted by Gasteiger charge is -2.18. The number of carbonyl (C=O) groups is 3. The standard InChI is InChI=1S/C20H23N3O6S/c1-14(24)15-5-11-18(12-6-15)30(27,28)22(2)13-19(25)21-16-7-9-17(10-8-16)23(3)20(26)29-4/h5-12H,13H2,1-4H3,(H,21,25). The molecule has 10 heteroatoms. The lowest BCUT2D eigenvalue weighted by atomic mass is 10.2. The second-order valence-corrected chi connectivity index (χ2v) is 8.51. The van der Waals surface area contributed by atoms with E-state index in [1.807, 2.05) is 0 Å². The molecule has 2 rings (SSSR count). The molecule has 160 valence electrons. The highest BCUT2D eigenvalue weighted by molar-refractivity contribution is 7.89. The van der Waals surface area contributed by atoms with E-state index < -0.39 is 28.6 Å². The van der Waals surface area contributed by atoms with Crippen molar-refractivity contribution in [3.05, 3.63) is 54.1 Å². The number of amides is 2. The average Bonchev–Trinajstić information content (AvgIpc) is 2.73. The Morgan fingerprint density at radius 2 is 1.53 bits per heavy atom. The minimum Gasteiger partial charge on any atom is -0.452 e. The maximum Gasteiger partial charge on any atom is 0.413 e. The van der Waals surface area contributed by atoms with Crippen LogP contribution in [0.15, 0.2) is 53.4 Å². The quantitative estimate of drug-likeness (QED) is 0.671. The molecule has 0 radical (unpaired) electrons. The molecule has 0 saturated carbocycles. The molecule has 0 aliphatic heterocycles. The third-order valence-corrected chi connectivity index (χ3v) is 6.14. The Kier molecular flexibility index (Phi) is 7.30. The first kappa shape index (κ1) is 23.0. The Bertz CT molecular complexity index is 1030. The number of benzene rings is 2. The first-order valence-electron chi connectivity index (χ1n) is 8.85. The molecule has 0 aromatic heterocycles. The summed E-state index contributed by atoms with van der Waals surface area (Å²) in [6.07, 6.45) is -0.532. The summed E-state index contributed by atoms with van der Waals surface area (Å²) in [4.78, 5) is 36.4. The second kappa shape index (κ2) is 9.51. The van der Waals surface area contributed by atoms with Gasteiger partial charge in [0.15, 0.2) is 5.78 Å². The van der Waals surface area contributed by atoms with Crippen LogP contribution in [0.1, 0.15) is 17.3 Å². The van der Waals surface area contributed by atoms with Crippen molar-refractivity contribution in [2.45, 2.75) is 11.8 Å². The van der Waals surface area contributed by atoms with Crippen molar-refractivity contribution in [3.8, 4) is 0 Å². The number of Topliss-reactive ketones (excluding diaryl/α,β-unsaturated/α-hetero) is 1. The van der Waals surface area contributed by atoms with E-state index in [2.05, 4.69) is 10.1 Å². The molecule has 0 heterocycles. The van der Waals surface area contributed by atoms with Crippen molar-refractivity contribution in [3.63, 3.8) is 0 Å². The normalized spacial score (nSPS) is 11.1. The zero-order valence-corrected chi connectivity index (χ0v) is 17.9. The summed E-state index contributed by atoms with van der Waals surface area (Å²) < 4.78 is 30.8. The maximum atomic E-state index is 12.6. The fraction of sp³-hybridized carbons (Fsp3) is 0.250. The Morgan fingerprint density at radius 1 is 0.967 bits per heavy atom. The van der Waals surface area contributed by atoms with Crippen molar-refractivity contribution in [1.29, 1.82) is 0 Å². The third kappa shape index (κ3) is 5.43. The number of carbonyl (C=O) groups excluding carboxylic acids is 3. The number of ketones is 1. The molecule has 0 unspecified atom stereocenters. The fourth-order valence-corrected chi connectivity index (χ4v) is 3.67. The van der Waals surface area contributed by atoms with Crippen molar-refractivity contribution >= 4 is 39.2 Å². The number of ether oxygens (including phenoxy) is 1. The van der Waals surface area contributed by atoms with Crippen molar-refractivity contribution < 1.29 is 27.5 Å². The zero-order chi connectivity index (χ0) is 22.5. The number of hydrogen-bond donors (Lipinski definition) is 1. The summed E-state index contributed by atoms with van der Waals surface area (Å²) in [7, 11) is 0.215. The minimum absolute atomic E-state index is 0.0157. The molecule has 0 saturated heterocycles. The molecule has 0 aliphatic rings. The molecule has 0 fully saturated rings. The number of methoxy groups -OCH3 is 1. The van der Waals surface area contributed by atoms with E-state index >= 15 is 0 Å². The monoisotopic (exact) mass is 433 g/mol. The largest absolute Gasteiger partial charge is 0.452 e. The van der Waals surface area contributed by atoms with E-state index in [9.17, 15) is 22.8 Å². The highest BCUT2D eigenvalue weighted by Gasteiger charge is 2.23. The van der Waals surface area contributed by atoms with Crippen LogP contribution >= 0.6 is 0 Å². The lowest BCUT2D eigenvalue weighted by molar-refractivity contribution is -0.116. The van der Waals surface area contributed by atoms with Gasteiger partial charge in [-0.1, -0.05) is 12.1 Å². The van der Waals surface area contributed by atoms with Gasteiger partial charge in [-0.25, -0.2) is 13.2 Å². The Morgan fingerprint density at radius 3 is 2.03 bits per heavy atom. The number of nitrogens with zero attached hydrogens (tertiary/aromatic N) is 2. The Labute approximate surface area is 175 Å². The molecule has 0 bridgehead atoms. The summed E-state index contributed by atoms with van der Waals surface area (Å²) in [5.74, 6) is -0.703. The van der Waals surface area contributed by atoms with Crippen LogP contribution in [0.2, 0.25) is 0 Å². The van der Waals surface area contributed by atoms with Crippen molar-refractivity contribution in [1.82, 2.24) is 4.31 Å². The Hall–Kier alpha value is -3.24. The maximum absolute atomic E-state index is 12.6. The molecule has 1 N–H and O–H groups in total. The van der Waals surface area contributed by atoms with Crippen LogP contribution in [0.3, 0.4) is 0 Å². The van der Waals surface area contributed by atoms with Crippen molar-refractivity contribution in [2.24, 2.45) is 0 Å². The zero-order valence-electron chi connectivity index (χ0n) is 17.1. The summed E-state index contributed by atoms with van der Waals surface area (Å²) in [5, 5.41) is 2.61. The van der Waals surface area contributed by atoms with E-state index in [4.69, 9.17) is 0 Å². The van der Waals surface area contributed by atoms with Crippen LogP contribution in [0, 0.1) is 0 Å². The van der Waals surface area contributed by atoms with Gasteiger partial charge in [-0.2, -0.15) is 4.31 Å². The summed E-state index contributed by atoms with van der Waals surface area (Å²) in [6, 6.07) is 11.9. The predicted molar refractivity (Wildman–Crippen MR) is 112 cm³/mol. The number of anilines is 2. The molecule has 0 aliphatic carbocycles. The third-order valence-electron chi connectivity index (χ3n) is 4.32. The van der Waals surface area contributed by atoms with Crippen LogP contribution in [-0.2, 0) is 19.6 Å². The molecule has 9 nitrogen and oxygen atoms in total. The smallest absolute Gasteiger partial charge is 0.413 e. The number of rotatable bonds is 7. The van der Waals surface area contributed by atoms with Crippen LogP contribution in [0.25, 0.3) is 0 Å². The van der Waals surface area contributed by atoms with Crippen LogP contribution in [0.4, 0.5) is 16.2 Å². The number of hydrogen-bond acceptors (Lipinski definition) is 6. The summed E-state index contributed by atoms with van der Waals surface area (Å²) in [5.41, 5.74) is 1.41. The number of nitrogens with one attached hydrogen (secondary N) is 1. The molecule has 30 heavy (non-hydrogen) atoms. The van der Waals surface area contributed by atoms with Gasteiger partial charge in [-0.05, 0) is 43.3 Å². The van der Waals surface area contributed by atoms with E-state index in [-0.39, 0.29) is 10.7 Å². The van der Waals surface area contributed by atoms with Gasteiger partial charge in [0, 0.05) is 31.0 Å². The highest BCUT2D eigenvalue weighted by atomic mass is 32.2. The van der Waals surface area contributed by atoms with Gasteiger partial charge in [-0.15, -0.1) is 0 Å². The van der Waals surface area contributed by atoms with Crippen LogP contribution < -0.4 is 10.2 Å². The van der Waals surface area contributed by atoms with Gasteiger partial charge in [0.1, 0.15) is 0 Å². The van der Waals surface area contributed by atoms with Gasteiger partial charge < -0.3 is 10.1 Å². The molecular formula is C20H23N3O6S. The van der Waals surface area contributed by atoms with Gasteiger partial charge in [0.05, 0.1) is 18.6 Å². The summed E-state index contributed by atoms with van der Waals surface area (Å²) >= 11 is 0. The Balaban J connectivity index is 2.03. The molecule has 0 spiro atoms. The minimum atomic E-state index is -3.90. The van der Waals surface area contributed by atoms with E-state index in [0.717, 1.165) is 4.31 Å². The van der Waals surface area contributed by atoms with Crippen LogP contribution in [-0.4, -0.2) is 58.3 Å². The second-order valence-electron chi connectivity index (χ2n) is 6.47. The molecule has 2 aromatic carbocycles. The highest BCUT2D eigenvalue weighted by Crippen LogP contribution is 2.18. The summed E-state index contributed by atoms with van der Waals surface area (Å²) in [6.45, 7) is 0.987. The lowest BCUT2D eigenvalue weighted by Crippen LogP contribution is -2.35. The van der Waals surface area contributed by atoms with Gasteiger partial charge in [0.25, 0.3) is 0 Å². The SMILES string of the molecule is COC(=O)N(C)c1ccc(NC(=O)CN(C)S(=O)(=O)c2ccc(C(C)=O)cc2)cc1. The fourth-order valence-electron chi connectivity index (χ4n) is 2.54. The number of likely N-dealkylation sites (N-methyl/N-ethyl adjacent to an activating group) is 1. The molecule has 2 amide bonds. The van der Waals surface area contributed by atoms with E-state index in [1.54, 1.807) is 31.3 Å². The number of sulfonamides is 1. The van der Waals surface area contributed by atoms with Crippen molar-refractivity contribution in [2.75, 3.05) is 38.0 Å². The first-order chi connectivity index (χ1) is 14.1. The molecule has 2 aromatic rings. The molecular weight excluding hydrogens is 410 g/mol. The average molecular weight is 433 g/mol. The first-order valence-corrected chi connectivity index (χ1v) is 10.3. The van der Waals surface area contributed by atoms with Gasteiger partial charge >= 0.3 is 6.09 Å². The predicted octanol–water partition coefficient (Wildman–Crippen LogP) is 2.35. The van der Waals surface area contributed by atoms with E-state index in [1.165, 1.54) is 50.2 Å². The van der Waals surface area contributed by atoms with Gasteiger partial charge in [-0.3, -0.25) is 14.5 Å². The topological polar surface area (TPSA) is 113 Å². The molecule has 0 atom stereocenters. The van der Waals surface area contributed by atoms with Crippen LogP contribution in [0.5, 0.6) is 0 Å². The van der Waals surface area contributed by atoms with Gasteiger partial charge in [0.2, 0.25) is 15.9 Å².